The highest BCUT2D eigenvalue weighted by Crippen LogP contribution is 2.31. The average molecular weight is 461 g/mol. The summed E-state index contributed by atoms with van der Waals surface area (Å²) in [5, 5.41) is 12.4. The Bertz CT molecular complexity index is 974. The molecule has 144 valence electrons. The van der Waals surface area contributed by atoms with Crippen molar-refractivity contribution < 1.29 is 19.4 Å². The van der Waals surface area contributed by atoms with Crippen LogP contribution in [-0.2, 0) is 9.59 Å². The summed E-state index contributed by atoms with van der Waals surface area (Å²) < 4.78 is 6.34. The van der Waals surface area contributed by atoms with Crippen LogP contribution in [0.25, 0.3) is 6.08 Å². The number of carbonyl (C=O) groups excluding carboxylic acids is 1. The maximum Gasteiger partial charge on any atom is 0.344 e. The number of nitrogens with one attached hydrogen (secondary N) is 1. The van der Waals surface area contributed by atoms with E-state index in [1.807, 2.05) is 30.3 Å². The number of aliphatic imine (C=N–C) groups is 1. The number of para-hydroxylation sites is 1. The van der Waals surface area contributed by atoms with E-state index >= 15 is 0 Å². The molecule has 1 saturated heterocycles. The number of rotatable bonds is 6. The van der Waals surface area contributed by atoms with E-state index in [9.17, 15) is 9.59 Å². The van der Waals surface area contributed by atoms with E-state index in [4.69, 9.17) is 9.84 Å². The van der Waals surface area contributed by atoms with E-state index < -0.39 is 12.1 Å². The molecule has 0 spiro atoms. The molecule has 1 aliphatic heterocycles. The molecule has 0 aliphatic carbocycles. The van der Waals surface area contributed by atoms with Gasteiger partial charge in [-0.25, -0.2) is 9.79 Å². The quantitative estimate of drug-likeness (QED) is 0.615. The van der Waals surface area contributed by atoms with Crippen molar-refractivity contribution in [3.63, 3.8) is 0 Å². The monoisotopic (exact) mass is 460 g/mol. The molecule has 1 amide bonds. The van der Waals surface area contributed by atoms with Gasteiger partial charge in [-0.1, -0.05) is 31.2 Å². The third kappa shape index (κ3) is 5.02. The summed E-state index contributed by atoms with van der Waals surface area (Å²) in [6, 6.07) is 14.5. The van der Waals surface area contributed by atoms with Gasteiger partial charge in [-0.3, -0.25) is 4.79 Å². The smallest absolute Gasteiger partial charge is 0.344 e. The van der Waals surface area contributed by atoms with E-state index in [0.717, 1.165) is 15.7 Å². The maximum atomic E-state index is 12.3. The molecule has 1 fully saturated rings. The number of carbonyl (C=O) groups is 2. The Labute approximate surface area is 174 Å². The fraction of sp³-hybridized carbons (Fsp3) is 0.150. The van der Waals surface area contributed by atoms with Crippen LogP contribution in [0.15, 0.2) is 62.9 Å². The second kappa shape index (κ2) is 9.07. The van der Waals surface area contributed by atoms with Crippen LogP contribution in [0.1, 0.15) is 18.9 Å². The van der Waals surface area contributed by atoms with Gasteiger partial charge in [0.2, 0.25) is 0 Å². The van der Waals surface area contributed by atoms with Gasteiger partial charge in [0.05, 0.1) is 10.6 Å². The molecule has 3 rings (SSSR count). The number of amides is 1. The van der Waals surface area contributed by atoms with Crippen molar-refractivity contribution in [1.82, 2.24) is 5.32 Å². The molecule has 1 unspecified atom stereocenters. The van der Waals surface area contributed by atoms with Crippen molar-refractivity contribution in [2.45, 2.75) is 19.4 Å². The molecule has 1 heterocycles. The van der Waals surface area contributed by atoms with Crippen LogP contribution in [0.5, 0.6) is 5.75 Å². The summed E-state index contributed by atoms with van der Waals surface area (Å²) >= 11 is 4.67. The Hall–Kier alpha value is -2.58. The van der Waals surface area contributed by atoms with Crippen LogP contribution in [-0.4, -0.2) is 28.3 Å². The molecule has 1 atom stereocenters. The minimum Gasteiger partial charge on any atom is -0.479 e. The highest BCUT2D eigenvalue weighted by molar-refractivity contribution is 9.10. The van der Waals surface area contributed by atoms with Gasteiger partial charge in [-0.15, -0.1) is 0 Å². The molecule has 0 radical (unpaired) electrons. The van der Waals surface area contributed by atoms with Crippen LogP contribution in [0.4, 0.5) is 5.69 Å². The van der Waals surface area contributed by atoms with Crippen molar-refractivity contribution in [3.8, 4) is 5.75 Å². The number of halogens is 1. The molecule has 0 saturated carbocycles. The molecule has 0 bridgehead atoms. The largest absolute Gasteiger partial charge is 0.479 e. The van der Waals surface area contributed by atoms with Crippen molar-refractivity contribution in [1.29, 1.82) is 0 Å². The van der Waals surface area contributed by atoms with Crippen LogP contribution in [0.2, 0.25) is 0 Å². The number of carboxylic acid groups (broad SMARTS) is 1. The van der Waals surface area contributed by atoms with Crippen LogP contribution in [0, 0.1) is 0 Å². The number of benzene rings is 2. The van der Waals surface area contributed by atoms with Gasteiger partial charge in [0.1, 0.15) is 5.75 Å². The normalized spacial score (nSPS) is 17.6. The number of hydrogen-bond donors (Lipinski definition) is 2. The summed E-state index contributed by atoms with van der Waals surface area (Å²) in [6.07, 6.45) is 1.17. The van der Waals surface area contributed by atoms with E-state index in [1.54, 1.807) is 31.2 Å². The SMILES string of the molecule is CCC(Oc1cccc(/C=C2/SC(=Nc3ccccc3Br)NC2=O)c1)C(=O)O. The average Bonchev–Trinajstić information content (AvgIpc) is 3.00. The summed E-state index contributed by atoms with van der Waals surface area (Å²) in [6.45, 7) is 1.75. The first kappa shape index (κ1) is 20.2. The van der Waals surface area contributed by atoms with Crippen LogP contribution < -0.4 is 10.1 Å². The Balaban J connectivity index is 1.78. The standard InChI is InChI=1S/C20H17BrN2O4S/c1-2-16(19(25)26)27-13-7-5-6-12(10-13)11-17-18(24)23-20(28-17)22-15-9-4-3-8-14(15)21/h3-11,16H,2H2,1H3,(H,25,26)(H,22,23,24)/b17-11+. The first-order valence-corrected chi connectivity index (χ1v) is 10.1. The Morgan fingerprint density at radius 2 is 2.11 bits per heavy atom. The van der Waals surface area contributed by atoms with Gasteiger partial charge in [-0.05, 0) is 70.0 Å². The lowest BCUT2D eigenvalue weighted by Gasteiger charge is -2.13. The molecule has 2 aromatic carbocycles. The number of aliphatic carboxylic acids is 1. The maximum absolute atomic E-state index is 12.3. The lowest BCUT2D eigenvalue weighted by molar-refractivity contribution is -0.145. The number of ether oxygens (including phenoxy) is 1. The van der Waals surface area contributed by atoms with Crippen LogP contribution >= 0.6 is 27.7 Å². The van der Waals surface area contributed by atoms with E-state index in [2.05, 4.69) is 26.2 Å². The molecule has 1 aliphatic rings. The first-order valence-electron chi connectivity index (χ1n) is 8.50. The van der Waals surface area contributed by atoms with Gasteiger partial charge < -0.3 is 15.2 Å². The number of thioether (sulfide) groups is 1. The van der Waals surface area contributed by atoms with Crippen molar-refractivity contribution in [2.75, 3.05) is 0 Å². The zero-order chi connectivity index (χ0) is 20.1. The summed E-state index contributed by atoms with van der Waals surface area (Å²) in [7, 11) is 0. The highest BCUT2D eigenvalue weighted by Gasteiger charge is 2.24. The van der Waals surface area contributed by atoms with Crippen molar-refractivity contribution in [2.24, 2.45) is 4.99 Å². The second-order valence-corrected chi connectivity index (χ2v) is 7.74. The predicted molar refractivity (Wildman–Crippen MR) is 114 cm³/mol. The summed E-state index contributed by atoms with van der Waals surface area (Å²) in [4.78, 5) is 28.4. The molecule has 8 heteroatoms. The van der Waals surface area contributed by atoms with Gasteiger partial charge in [-0.2, -0.15) is 0 Å². The zero-order valence-corrected chi connectivity index (χ0v) is 17.3. The minimum absolute atomic E-state index is 0.237. The zero-order valence-electron chi connectivity index (χ0n) is 14.9. The number of amidine groups is 1. The Morgan fingerprint density at radius 3 is 2.82 bits per heavy atom. The molecule has 2 N–H and O–H groups in total. The van der Waals surface area contributed by atoms with Gasteiger partial charge in [0.25, 0.3) is 5.91 Å². The molecule has 0 aromatic heterocycles. The first-order chi connectivity index (χ1) is 13.5. The van der Waals surface area contributed by atoms with Gasteiger partial charge in [0.15, 0.2) is 11.3 Å². The molecule has 6 nitrogen and oxygen atoms in total. The van der Waals surface area contributed by atoms with Gasteiger partial charge in [0, 0.05) is 4.47 Å². The highest BCUT2D eigenvalue weighted by atomic mass is 79.9. The Kier molecular flexibility index (Phi) is 6.53. The Morgan fingerprint density at radius 1 is 1.32 bits per heavy atom. The third-order valence-corrected chi connectivity index (χ3v) is 5.39. The van der Waals surface area contributed by atoms with E-state index in [-0.39, 0.29) is 5.91 Å². The minimum atomic E-state index is -1.01. The summed E-state index contributed by atoms with van der Waals surface area (Å²) in [5.74, 6) is -0.807. The lowest BCUT2D eigenvalue weighted by Crippen LogP contribution is -2.25. The molecule has 2 aromatic rings. The fourth-order valence-corrected chi connectivity index (χ4v) is 3.64. The van der Waals surface area contributed by atoms with E-state index in [1.165, 1.54) is 11.8 Å². The third-order valence-electron chi connectivity index (χ3n) is 3.81. The van der Waals surface area contributed by atoms with Crippen LogP contribution in [0.3, 0.4) is 0 Å². The van der Waals surface area contributed by atoms with Crippen molar-refractivity contribution in [3.05, 3.63) is 63.5 Å². The topological polar surface area (TPSA) is 88.0 Å². The van der Waals surface area contributed by atoms with Gasteiger partial charge >= 0.3 is 5.97 Å². The molecule has 28 heavy (non-hydrogen) atoms. The number of hydrogen-bond acceptors (Lipinski definition) is 5. The predicted octanol–water partition coefficient (Wildman–Crippen LogP) is 4.58. The number of carboxylic acids is 1. The molecular formula is C20H17BrN2O4S. The lowest BCUT2D eigenvalue weighted by atomic mass is 10.2. The molecular weight excluding hydrogens is 444 g/mol. The summed E-state index contributed by atoms with van der Waals surface area (Å²) in [5.41, 5.74) is 1.46. The second-order valence-electron chi connectivity index (χ2n) is 5.86. The van der Waals surface area contributed by atoms with Crippen molar-refractivity contribution >= 4 is 56.5 Å². The number of nitrogens with zero attached hydrogens (tertiary/aromatic N) is 1. The van der Waals surface area contributed by atoms with E-state index in [0.29, 0.717) is 22.2 Å². The fourth-order valence-electron chi connectivity index (χ4n) is 2.43.